The molecule has 0 radical (unpaired) electrons. The van der Waals surface area contributed by atoms with Crippen molar-refractivity contribution in [3.8, 4) is 0 Å². The summed E-state index contributed by atoms with van der Waals surface area (Å²) in [6.07, 6.45) is 1.47. The molecule has 5 heteroatoms. The van der Waals surface area contributed by atoms with Gasteiger partial charge in [0.2, 0.25) is 5.28 Å². The van der Waals surface area contributed by atoms with Crippen molar-refractivity contribution in [3.05, 3.63) is 29.3 Å². The molecule has 0 aliphatic rings. The summed E-state index contributed by atoms with van der Waals surface area (Å²) in [7, 11) is 1.27. The van der Waals surface area contributed by atoms with E-state index in [4.69, 9.17) is 11.6 Å². The van der Waals surface area contributed by atoms with E-state index < -0.39 is 5.97 Å². The van der Waals surface area contributed by atoms with Crippen LogP contribution >= 0.6 is 11.6 Å². The van der Waals surface area contributed by atoms with Gasteiger partial charge in [-0.05, 0) is 23.7 Å². The second-order valence-corrected chi connectivity index (χ2v) is 2.48. The average Bonchev–Trinajstić information content (AvgIpc) is 2.15. The Morgan fingerprint density at radius 2 is 2.38 bits per heavy atom. The minimum Gasteiger partial charge on any atom is -0.464 e. The number of carbonyl (C=O) groups is 1. The molecule has 0 N–H and O–H groups in total. The third kappa shape index (κ3) is 2.26. The SMILES string of the molecule is C=Cc1cc(C(=O)OC)nc(Cl)n1. The van der Waals surface area contributed by atoms with Gasteiger partial charge < -0.3 is 4.74 Å². The van der Waals surface area contributed by atoms with Crippen LogP contribution in [0.4, 0.5) is 0 Å². The van der Waals surface area contributed by atoms with Crippen molar-refractivity contribution in [2.75, 3.05) is 7.11 Å². The van der Waals surface area contributed by atoms with Crippen LogP contribution < -0.4 is 0 Å². The van der Waals surface area contributed by atoms with Crippen molar-refractivity contribution in [3.63, 3.8) is 0 Å². The van der Waals surface area contributed by atoms with Gasteiger partial charge in [0.25, 0.3) is 0 Å². The predicted octanol–water partition coefficient (Wildman–Crippen LogP) is 1.56. The van der Waals surface area contributed by atoms with Crippen molar-refractivity contribution in [1.82, 2.24) is 9.97 Å². The van der Waals surface area contributed by atoms with Crippen LogP contribution in [0, 0.1) is 0 Å². The van der Waals surface area contributed by atoms with E-state index in [1.807, 2.05) is 0 Å². The summed E-state index contributed by atoms with van der Waals surface area (Å²) in [5.41, 5.74) is 0.609. The number of nitrogens with zero attached hydrogens (tertiary/aromatic N) is 2. The average molecular weight is 199 g/mol. The second-order valence-electron chi connectivity index (χ2n) is 2.14. The number of aromatic nitrogens is 2. The zero-order valence-corrected chi connectivity index (χ0v) is 7.71. The third-order valence-electron chi connectivity index (χ3n) is 1.32. The zero-order chi connectivity index (χ0) is 9.84. The van der Waals surface area contributed by atoms with Crippen molar-refractivity contribution in [2.24, 2.45) is 0 Å². The summed E-state index contributed by atoms with van der Waals surface area (Å²) in [6.45, 7) is 3.50. The fraction of sp³-hybridized carbons (Fsp3) is 0.125. The van der Waals surface area contributed by atoms with E-state index in [0.29, 0.717) is 5.69 Å². The lowest BCUT2D eigenvalue weighted by atomic mass is 10.3. The molecule has 1 heterocycles. The molecular formula is C8H7ClN2O2. The van der Waals surface area contributed by atoms with Gasteiger partial charge in [0.05, 0.1) is 12.8 Å². The Morgan fingerprint density at radius 3 is 2.92 bits per heavy atom. The molecule has 1 aromatic heterocycles. The Morgan fingerprint density at radius 1 is 1.69 bits per heavy atom. The quantitative estimate of drug-likeness (QED) is 0.535. The van der Waals surface area contributed by atoms with E-state index in [2.05, 4.69) is 21.3 Å². The fourth-order valence-corrected chi connectivity index (χ4v) is 0.938. The Hall–Kier alpha value is -1.42. The number of esters is 1. The van der Waals surface area contributed by atoms with Gasteiger partial charge in [0, 0.05) is 0 Å². The molecule has 0 aliphatic heterocycles. The summed E-state index contributed by atoms with van der Waals surface area (Å²) in [5.74, 6) is -0.549. The van der Waals surface area contributed by atoms with Gasteiger partial charge in [-0.15, -0.1) is 0 Å². The molecule has 0 unspecified atom stereocenters. The highest BCUT2D eigenvalue weighted by atomic mass is 35.5. The predicted molar refractivity (Wildman–Crippen MR) is 48.5 cm³/mol. The minimum absolute atomic E-state index is 0.00204. The fourth-order valence-electron chi connectivity index (χ4n) is 0.749. The van der Waals surface area contributed by atoms with Gasteiger partial charge in [-0.25, -0.2) is 14.8 Å². The normalized spacial score (nSPS) is 9.38. The molecule has 0 amide bonds. The van der Waals surface area contributed by atoms with E-state index >= 15 is 0 Å². The smallest absolute Gasteiger partial charge is 0.356 e. The van der Waals surface area contributed by atoms with Crippen LogP contribution in [-0.2, 0) is 4.74 Å². The van der Waals surface area contributed by atoms with Gasteiger partial charge in [0.1, 0.15) is 0 Å². The molecule has 1 aromatic rings. The maximum absolute atomic E-state index is 11.0. The van der Waals surface area contributed by atoms with Crippen molar-refractivity contribution in [2.45, 2.75) is 0 Å². The van der Waals surface area contributed by atoms with Gasteiger partial charge in [-0.1, -0.05) is 6.58 Å². The van der Waals surface area contributed by atoms with Crippen LogP contribution in [0.25, 0.3) is 6.08 Å². The highest BCUT2D eigenvalue weighted by Crippen LogP contribution is 2.07. The first-order chi connectivity index (χ1) is 6.17. The molecule has 68 valence electrons. The van der Waals surface area contributed by atoms with E-state index in [-0.39, 0.29) is 11.0 Å². The minimum atomic E-state index is -0.549. The van der Waals surface area contributed by atoms with Crippen LogP contribution in [0.5, 0.6) is 0 Å². The molecule has 0 bridgehead atoms. The van der Waals surface area contributed by atoms with E-state index in [1.165, 1.54) is 19.3 Å². The van der Waals surface area contributed by atoms with Gasteiger partial charge in [-0.3, -0.25) is 0 Å². The number of hydrogen-bond acceptors (Lipinski definition) is 4. The number of carbonyl (C=O) groups excluding carboxylic acids is 1. The van der Waals surface area contributed by atoms with Gasteiger partial charge in [-0.2, -0.15) is 0 Å². The lowest BCUT2D eigenvalue weighted by Gasteiger charge is -1.99. The van der Waals surface area contributed by atoms with Crippen molar-refractivity contribution < 1.29 is 9.53 Å². The second kappa shape index (κ2) is 4.00. The first-order valence-corrected chi connectivity index (χ1v) is 3.80. The molecule has 1 rings (SSSR count). The summed E-state index contributed by atoms with van der Waals surface area (Å²) in [4.78, 5) is 18.5. The molecular weight excluding hydrogens is 192 g/mol. The Kier molecular flexibility index (Phi) is 2.97. The van der Waals surface area contributed by atoms with Gasteiger partial charge in [0.15, 0.2) is 5.69 Å². The van der Waals surface area contributed by atoms with E-state index in [1.54, 1.807) is 0 Å². The topological polar surface area (TPSA) is 52.1 Å². The number of methoxy groups -OCH3 is 1. The van der Waals surface area contributed by atoms with Crippen LogP contribution in [0.15, 0.2) is 12.6 Å². The van der Waals surface area contributed by atoms with Crippen molar-refractivity contribution >= 4 is 23.6 Å². The molecule has 0 atom stereocenters. The first-order valence-electron chi connectivity index (χ1n) is 3.42. The van der Waals surface area contributed by atoms with Crippen LogP contribution in [-0.4, -0.2) is 23.0 Å². The van der Waals surface area contributed by atoms with Crippen LogP contribution in [0.3, 0.4) is 0 Å². The lowest BCUT2D eigenvalue weighted by molar-refractivity contribution is 0.0594. The molecule has 0 aromatic carbocycles. The van der Waals surface area contributed by atoms with E-state index in [9.17, 15) is 4.79 Å². The third-order valence-corrected chi connectivity index (χ3v) is 1.49. The molecule has 0 aliphatic carbocycles. The Balaban J connectivity index is 3.15. The monoisotopic (exact) mass is 198 g/mol. The highest BCUT2D eigenvalue weighted by molar-refractivity contribution is 6.28. The lowest BCUT2D eigenvalue weighted by Crippen LogP contribution is -2.05. The van der Waals surface area contributed by atoms with Gasteiger partial charge >= 0.3 is 5.97 Å². The summed E-state index contributed by atoms with van der Waals surface area (Å²) in [5, 5.41) is -0.00204. The maximum atomic E-state index is 11.0. The van der Waals surface area contributed by atoms with Crippen molar-refractivity contribution in [1.29, 1.82) is 0 Å². The molecule has 4 nitrogen and oxygen atoms in total. The number of hydrogen-bond donors (Lipinski definition) is 0. The summed E-state index contributed by atoms with van der Waals surface area (Å²) >= 11 is 5.55. The summed E-state index contributed by atoms with van der Waals surface area (Å²) < 4.78 is 4.47. The Labute approximate surface area is 80.2 Å². The van der Waals surface area contributed by atoms with Crippen LogP contribution in [0.1, 0.15) is 16.2 Å². The summed E-state index contributed by atoms with van der Waals surface area (Å²) in [6, 6.07) is 1.45. The number of ether oxygens (including phenoxy) is 1. The molecule has 0 fully saturated rings. The number of rotatable bonds is 2. The highest BCUT2D eigenvalue weighted by Gasteiger charge is 2.09. The molecule has 0 spiro atoms. The standard InChI is InChI=1S/C8H7ClN2O2/c1-3-5-4-6(7(12)13-2)11-8(9)10-5/h3-4H,1H2,2H3. The first kappa shape index (κ1) is 9.67. The van der Waals surface area contributed by atoms with E-state index in [0.717, 1.165) is 0 Å². The largest absolute Gasteiger partial charge is 0.464 e. The number of halogens is 1. The zero-order valence-electron chi connectivity index (χ0n) is 6.95. The molecule has 0 saturated heterocycles. The van der Waals surface area contributed by atoms with Crippen LogP contribution in [0.2, 0.25) is 5.28 Å². The molecule has 13 heavy (non-hydrogen) atoms. The maximum Gasteiger partial charge on any atom is 0.356 e. The Bertz CT molecular complexity index is 352. The molecule has 0 saturated carbocycles.